The summed E-state index contributed by atoms with van der Waals surface area (Å²) in [6, 6.07) is 4.41. The second kappa shape index (κ2) is 7.93. The standard InChI is InChI=1S/C17H23ClN2O4S/c18-15-12-14(25(22,23)20-10-4-5-11-20)6-7-16(15)24-13-17(21)19-8-2-1-3-9-19/h6-7,12H,1-5,8-11,13H2. The van der Waals surface area contributed by atoms with Gasteiger partial charge in [0, 0.05) is 26.2 Å². The monoisotopic (exact) mass is 386 g/mol. The summed E-state index contributed by atoms with van der Waals surface area (Å²) in [6.07, 6.45) is 4.97. The summed E-state index contributed by atoms with van der Waals surface area (Å²) in [7, 11) is -3.51. The number of sulfonamides is 1. The first-order valence-electron chi connectivity index (χ1n) is 8.69. The second-order valence-electron chi connectivity index (χ2n) is 6.43. The van der Waals surface area contributed by atoms with Crippen LogP contribution in [0.1, 0.15) is 32.1 Å². The fourth-order valence-electron chi connectivity index (χ4n) is 3.21. The summed E-state index contributed by atoms with van der Waals surface area (Å²) in [6.45, 7) is 2.54. The molecule has 3 rings (SSSR count). The molecule has 1 aromatic rings. The van der Waals surface area contributed by atoms with E-state index < -0.39 is 10.0 Å². The molecule has 0 atom stereocenters. The third-order valence-electron chi connectivity index (χ3n) is 4.67. The lowest BCUT2D eigenvalue weighted by Crippen LogP contribution is -2.38. The number of carbonyl (C=O) groups is 1. The summed E-state index contributed by atoms with van der Waals surface area (Å²) in [4.78, 5) is 14.1. The van der Waals surface area contributed by atoms with Gasteiger partial charge >= 0.3 is 0 Å². The smallest absolute Gasteiger partial charge is 0.260 e. The molecule has 0 unspecified atom stereocenters. The minimum atomic E-state index is -3.51. The van der Waals surface area contributed by atoms with Crippen LogP contribution < -0.4 is 4.74 Å². The molecule has 6 nitrogen and oxygen atoms in total. The summed E-state index contributed by atoms with van der Waals surface area (Å²) in [5.41, 5.74) is 0. The van der Waals surface area contributed by atoms with Crippen LogP contribution in [0.15, 0.2) is 23.1 Å². The number of benzene rings is 1. The van der Waals surface area contributed by atoms with Crippen molar-refractivity contribution in [1.29, 1.82) is 0 Å². The topological polar surface area (TPSA) is 66.9 Å². The lowest BCUT2D eigenvalue weighted by Gasteiger charge is -2.26. The number of hydrogen-bond acceptors (Lipinski definition) is 4. The van der Waals surface area contributed by atoms with Crippen molar-refractivity contribution >= 4 is 27.5 Å². The molecule has 0 saturated carbocycles. The highest BCUT2D eigenvalue weighted by Crippen LogP contribution is 2.30. The van der Waals surface area contributed by atoms with Gasteiger partial charge in [-0.15, -0.1) is 0 Å². The van der Waals surface area contributed by atoms with Crippen molar-refractivity contribution in [1.82, 2.24) is 9.21 Å². The van der Waals surface area contributed by atoms with Gasteiger partial charge in [-0.1, -0.05) is 11.6 Å². The number of piperidine rings is 1. The molecular weight excluding hydrogens is 364 g/mol. The fourth-order valence-corrected chi connectivity index (χ4v) is 5.05. The zero-order valence-corrected chi connectivity index (χ0v) is 15.7. The molecule has 0 aromatic heterocycles. The first kappa shape index (κ1) is 18.5. The minimum absolute atomic E-state index is 0.0652. The average molecular weight is 387 g/mol. The third kappa shape index (κ3) is 4.27. The fraction of sp³-hybridized carbons (Fsp3) is 0.588. The summed E-state index contributed by atoms with van der Waals surface area (Å²) < 4.78 is 32.1. The molecule has 0 radical (unpaired) electrons. The number of rotatable bonds is 5. The van der Waals surface area contributed by atoms with Gasteiger partial charge in [0.05, 0.1) is 9.92 Å². The maximum atomic E-state index is 12.5. The van der Waals surface area contributed by atoms with E-state index in [-0.39, 0.29) is 22.4 Å². The van der Waals surface area contributed by atoms with E-state index >= 15 is 0 Å². The number of likely N-dealkylation sites (tertiary alicyclic amines) is 1. The molecule has 2 saturated heterocycles. The molecule has 2 aliphatic rings. The van der Waals surface area contributed by atoms with Crippen molar-refractivity contribution < 1.29 is 17.9 Å². The Kier molecular flexibility index (Phi) is 5.86. The van der Waals surface area contributed by atoms with Crippen LogP contribution in [0, 0.1) is 0 Å². The SMILES string of the molecule is O=C(COc1ccc(S(=O)(=O)N2CCCC2)cc1Cl)N1CCCCC1. The molecule has 2 aliphatic heterocycles. The van der Waals surface area contributed by atoms with E-state index in [0.29, 0.717) is 18.8 Å². The molecule has 0 spiro atoms. The molecule has 2 heterocycles. The van der Waals surface area contributed by atoms with Gasteiger partial charge in [0.2, 0.25) is 10.0 Å². The normalized spacial score (nSPS) is 19.2. The van der Waals surface area contributed by atoms with Gasteiger partial charge in [0.1, 0.15) is 5.75 Å². The van der Waals surface area contributed by atoms with Crippen LogP contribution in [0.25, 0.3) is 0 Å². The molecule has 8 heteroatoms. The predicted octanol–water partition coefficient (Wildman–Crippen LogP) is 2.52. The van der Waals surface area contributed by atoms with E-state index in [4.69, 9.17) is 16.3 Å². The van der Waals surface area contributed by atoms with E-state index in [9.17, 15) is 13.2 Å². The Hall–Kier alpha value is -1.31. The summed E-state index contributed by atoms with van der Waals surface area (Å²) >= 11 is 6.18. The van der Waals surface area contributed by atoms with E-state index in [1.165, 1.54) is 22.5 Å². The Balaban J connectivity index is 1.64. The maximum Gasteiger partial charge on any atom is 0.260 e. The highest BCUT2D eigenvalue weighted by Gasteiger charge is 2.27. The van der Waals surface area contributed by atoms with Gasteiger partial charge < -0.3 is 9.64 Å². The van der Waals surface area contributed by atoms with Crippen molar-refractivity contribution in [3.63, 3.8) is 0 Å². The largest absolute Gasteiger partial charge is 0.482 e. The van der Waals surface area contributed by atoms with Crippen molar-refractivity contribution in [2.24, 2.45) is 0 Å². The highest BCUT2D eigenvalue weighted by atomic mass is 35.5. The van der Waals surface area contributed by atoms with Gasteiger partial charge in [0.25, 0.3) is 5.91 Å². The molecule has 2 fully saturated rings. The molecular formula is C17H23ClN2O4S. The molecule has 1 amide bonds. The van der Waals surface area contributed by atoms with Crippen molar-refractivity contribution in [3.8, 4) is 5.75 Å². The molecule has 1 aromatic carbocycles. The Morgan fingerprint density at radius 1 is 1.04 bits per heavy atom. The maximum absolute atomic E-state index is 12.5. The Labute approximate surface area is 153 Å². The van der Waals surface area contributed by atoms with E-state index in [1.807, 2.05) is 0 Å². The van der Waals surface area contributed by atoms with E-state index in [2.05, 4.69) is 0 Å². The number of amides is 1. The molecule has 0 N–H and O–H groups in total. The lowest BCUT2D eigenvalue weighted by atomic mass is 10.1. The van der Waals surface area contributed by atoms with E-state index in [1.54, 1.807) is 4.90 Å². The van der Waals surface area contributed by atoms with Crippen LogP contribution in [0.2, 0.25) is 5.02 Å². The Morgan fingerprint density at radius 2 is 1.68 bits per heavy atom. The summed E-state index contributed by atoms with van der Waals surface area (Å²) in [5, 5.41) is 0.201. The van der Waals surface area contributed by atoms with Gasteiger partial charge in [-0.3, -0.25) is 4.79 Å². The van der Waals surface area contributed by atoms with Crippen molar-refractivity contribution in [3.05, 3.63) is 23.2 Å². The van der Waals surface area contributed by atoms with Gasteiger partial charge in [-0.25, -0.2) is 8.42 Å². The number of halogens is 1. The molecule has 25 heavy (non-hydrogen) atoms. The van der Waals surface area contributed by atoms with Crippen LogP contribution in [-0.4, -0.2) is 56.3 Å². The molecule has 0 bridgehead atoms. The van der Waals surface area contributed by atoms with Crippen molar-refractivity contribution in [2.45, 2.75) is 37.0 Å². The highest BCUT2D eigenvalue weighted by molar-refractivity contribution is 7.89. The van der Waals surface area contributed by atoms with Gasteiger partial charge in [-0.2, -0.15) is 4.31 Å². The van der Waals surface area contributed by atoms with Crippen molar-refractivity contribution in [2.75, 3.05) is 32.8 Å². The third-order valence-corrected chi connectivity index (χ3v) is 6.86. The van der Waals surface area contributed by atoms with Gasteiger partial charge in [0.15, 0.2) is 6.61 Å². The van der Waals surface area contributed by atoms with Crippen LogP contribution in [-0.2, 0) is 14.8 Å². The zero-order chi connectivity index (χ0) is 17.9. The minimum Gasteiger partial charge on any atom is -0.482 e. The number of hydrogen-bond donors (Lipinski definition) is 0. The van der Waals surface area contributed by atoms with Crippen LogP contribution in [0.5, 0.6) is 5.75 Å². The van der Waals surface area contributed by atoms with Crippen LogP contribution in [0.4, 0.5) is 0 Å². The lowest BCUT2D eigenvalue weighted by molar-refractivity contribution is -0.134. The molecule has 138 valence electrons. The molecule has 0 aliphatic carbocycles. The quantitative estimate of drug-likeness (QED) is 0.779. The Bertz CT molecular complexity index is 726. The Morgan fingerprint density at radius 3 is 2.32 bits per heavy atom. The van der Waals surface area contributed by atoms with Crippen LogP contribution >= 0.6 is 11.6 Å². The number of nitrogens with zero attached hydrogens (tertiary/aromatic N) is 2. The number of ether oxygens (including phenoxy) is 1. The summed E-state index contributed by atoms with van der Waals surface area (Å²) in [5.74, 6) is 0.261. The predicted molar refractivity (Wildman–Crippen MR) is 95.4 cm³/mol. The first-order chi connectivity index (χ1) is 12.0. The second-order valence-corrected chi connectivity index (χ2v) is 8.78. The first-order valence-corrected chi connectivity index (χ1v) is 10.5. The van der Waals surface area contributed by atoms with Crippen LogP contribution in [0.3, 0.4) is 0 Å². The zero-order valence-electron chi connectivity index (χ0n) is 14.1. The van der Waals surface area contributed by atoms with E-state index in [0.717, 1.165) is 45.2 Å². The average Bonchev–Trinajstić information content (AvgIpc) is 3.16. The number of carbonyl (C=O) groups excluding carboxylic acids is 1. The van der Waals surface area contributed by atoms with Gasteiger partial charge in [-0.05, 0) is 50.3 Å².